The smallest absolute Gasteiger partial charge is 0.133 e. The number of carbonyl (C=O) groups excluding carboxylic acids is 1. The number of rotatable bonds is 2. The Hall–Kier alpha value is -3.99. The third kappa shape index (κ3) is 3.70. The lowest BCUT2D eigenvalue weighted by atomic mass is 9.77. The zero-order chi connectivity index (χ0) is 28.0. The maximum absolute atomic E-state index is 12.3. The quantitative estimate of drug-likeness (QED) is 0.299. The Morgan fingerprint density at radius 1 is 0.769 bits per heavy atom. The summed E-state index contributed by atoms with van der Waals surface area (Å²) in [5.41, 5.74) is 9.41. The van der Waals surface area contributed by atoms with Crippen molar-refractivity contribution in [2.45, 2.75) is 58.5 Å². The lowest BCUT2D eigenvalue weighted by molar-refractivity contribution is -0.255. The largest absolute Gasteiger partial charge is 0.545 e. The van der Waals surface area contributed by atoms with Crippen molar-refractivity contribution < 1.29 is 14.6 Å². The van der Waals surface area contributed by atoms with Gasteiger partial charge in [0.25, 0.3) is 0 Å². The summed E-state index contributed by atoms with van der Waals surface area (Å²) in [5, 5.41) is 12.3. The molecule has 0 aromatic heterocycles. The minimum Gasteiger partial charge on any atom is -0.545 e. The van der Waals surface area contributed by atoms with Gasteiger partial charge in [0.2, 0.25) is 0 Å². The monoisotopic (exact) mass is 519 g/mol. The first-order valence-corrected chi connectivity index (χ1v) is 13.5. The van der Waals surface area contributed by atoms with Gasteiger partial charge in [0.05, 0.1) is 17.0 Å². The molecule has 0 atom stereocenters. The van der Waals surface area contributed by atoms with E-state index in [9.17, 15) is 9.90 Å². The molecule has 39 heavy (non-hydrogen) atoms. The van der Waals surface area contributed by atoms with Crippen LogP contribution in [0.25, 0.3) is 11.1 Å². The number of anilines is 2. The van der Waals surface area contributed by atoms with E-state index in [1.807, 2.05) is 12.1 Å². The molecule has 0 N–H and O–H groups in total. The van der Waals surface area contributed by atoms with E-state index in [0.29, 0.717) is 5.56 Å². The Morgan fingerprint density at radius 2 is 1.23 bits per heavy atom. The number of allylic oxidation sites excluding steroid dienone is 2. The third-order valence-corrected chi connectivity index (χ3v) is 9.03. The van der Waals surface area contributed by atoms with Gasteiger partial charge in [-0.3, -0.25) is 0 Å². The number of fused-ring (bicyclic) bond motifs is 4. The second-order valence-corrected chi connectivity index (χ2v) is 12.3. The average Bonchev–Trinajstić information content (AvgIpc) is 2.87. The molecule has 5 heteroatoms. The molecule has 6 rings (SSSR count). The molecule has 3 aromatic carbocycles. The molecule has 3 aromatic rings. The van der Waals surface area contributed by atoms with E-state index in [4.69, 9.17) is 4.74 Å². The highest BCUT2D eigenvalue weighted by Gasteiger charge is 2.37. The SMILES string of the molecule is CC1=CC(C)(C)N(C)c2cc3c(cc21)C(c1ccccc1C(=O)[O-])c1cc2c(cc1O3)N(C)C(C)(C)C=C2C. The van der Waals surface area contributed by atoms with Crippen molar-refractivity contribution in [1.29, 1.82) is 0 Å². The van der Waals surface area contributed by atoms with E-state index >= 15 is 0 Å². The summed E-state index contributed by atoms with van der Waals surface area (Å²) in [6.45, 7) is 13.1. The van der Waals surface area contributed by atoms with E-state index in [2.05, 4.69) is 102 Å². The molecule has 0 aliphatic carbocycles. The lowest BCUT2D eigenvalue weighted by Gasteiger charge is -2.43. The normalized spacial score (nSPS) is 18.7. The van der Waals surface area contributed by atoms with Crippen molar-refractivity contribution in [3.8, 4) is 11.5 Å². The summed E-state index contributed by atoms with van der Waals surface area (Å²) in [4.78, 5) is 16.9. The van der Waals surface area contributed by atoms with Crippen LogP contribution in [0.1, 0.15) is 85.6 Å². The number of nitrogens with zero attached hydrogens (tertiary/aromatic N) is 2. The van der Waals surface area contributed by atoms with Gasteiger partial charge in [-0.25, -0.2) is 0 Å². The molecule has 0 saturated carbocycles. The van der Waals surface area contributed by atoms with Crippen molar-refractivity contribution in [3.63, 3.8) is 0 Å². The van der Waals surface area contributed by atoms with Crippen LogP contribution >= 0.6 is 0 Å². The predicted molar refractivity (Wildman–Crippen MR) is 157 cm³/mol. The highest BCUT2D eigenvalue weighted by molar-refractivity contribution is 5.90. The summed E-state index contributed by atoms with van der Waals surface area (Å²) in [6, 6.07) is 15.8. The van der Waals surface area contributed by atoms with E-state index in [1.165, 1.54) is 11.1 Å². The fraction of sp³-hybridized carbons (Fsp3) is 0.324. The van der Waals surface area contributed by atoms with Crippen LogP contribution in [0.5, 0.6) is 11.5 Å². The zero-order valence-corrected chi connectivity index (χ0v) is 24.0. The fourth-order valence-electron chi connectivity index (χ4n) is 6.57. The molecule has 0 saturated heterocycles. The number of carbonyl (C=O) groups is 1. The number of hydrogen-bond acceptors (Lipinski definition) is 5. The van der Waals surface area contributed by atoms with Crippen molar-refractivity contribution in [2.24, 2.45) is 0 Å². The van der Waals surface area contributed by atoms with Gasteiger partial charge in [0.1, 0.15) is 11.5 Å². The molecule has 0 bridgehead atoms. The van der Waals surface area contributed by atoms with Gasteiger partial charge in [-0.15, -0.1) is 0 Å². The number of hydrogen-bond donors (Lipinski definition) is 0. The Labute approximate surface area is 231 Å². The van der Waals surface area contributed by atoms with Crippen LogP contribution in [0.15, 0.2) is 60.7 Å². The van der Waals surface area contributed by atoms with Crippen molar-refractivity contribution in [2.75, 3.05) is 23.9 Å². The fourth-order valence-corrected chi connectivity index (χ4v) is 6.57. The van der Waals surface area contributed by atoms with Crippen LogP contribution in [0.4, 0.5) is 11.4 Å². The van der Waals surface area contributed by atoms with Crippen molar-refractivity contribution in [1.82, 2.24) is 0 Å². The van der Waals surface area contributed by atoms with Crippen LogP contribution < -0.4 is 19.6 Å². The van der Waals surface area contributed by atoms with Gasteiger partial charge in [0, 0.05) is 71.3 Å². The third-order valence-electron chi connectivity index (χ3n) is 9.03. The Morgan fingerprint density at radius 3 is 1.69 bits per heavy atom. The van der Waals surface area contributed by atoms with Crippen LogP contribution in [-0.4, -0.2) is 31.1 Å². The first-order valence-electron chi connectivity index (χ1n) is 13.5. The second kappa shape index (κ2) is 8.25. The minimum atomic E-state index is -1.17. The number of carboxylic acid groups (broad SMARTS) is 1. The standard InChI is InChI=1S/C34H36N2O3/c1-19-17-33(3,4)35(7)27-15-29-25(13-23(19)27)31(21-11-9-10-12-22(21)32(37)38)26-14-24-20(2)18-34(5,6)36(8)28(24)16-30(26)39-29/h9-18,31H,1-8H3,(H,37,38)/p-1. The first-order chi connectivity index (χ1) is 18.3. The first kappa shape index (κ1) is 25.3. The van der Waals surface area contributed by atoms with Crippen molar-refractivity contribution in [3.05, 3.63) is 94.1 Å². The molecule has 0 unspecified atom stereocenters. The van der Waals surface area contributed by atoms with Crippen molar-refractivity contribution >= 4 is 28.5 Å². The predicted octanol–water partition coefficient (Wildman–Crippen LogP) is 6.60. The topological polar surface area (TPSA) is 55.8 Å². The molecule has 3 aliphatic rings. The van der Waals surface area contributed by atoms with E-state index < -0.39 is 5.97 Å². The lowest BCUT2D eigenvalue weighted by Crippen LogP contribution is -2.42. The molecule has 5 nitrogen and oxygen atoms in total. The second-order valence-electron chi connectivity index (χ2n) is 12.3. The van der Waals surface area contributed by atoms with Crippen LogP contribution in [-0.2, 0) is 0 Å². The van der Waals surface area contributed by atoms with Gasteiger partial charge < -0.3 is 24.4 Å². The average molecular weight is 520 g/mol. The molecular formula is C34H35N2O3-. The van der Waals surface area contributed by atoms with Gasteiger partial charge in [-0.2, -0.15) is 0 Å². The Balaban J connectivity index is 1.65. The van der Waals surface area contributed by atoms with Gasteiger partial charge >= 0.3 is 0 Å². The minimum absolute atomic E-state index is 0.143. The molecule has 3 aliphatic heterocycles. The highest BCUT2D eigenvalue weighted by atomic mass is 16.5. The summed E-state index contributed by atoms with van der Waals surface area (Å²) >= 11 is 0. The van der Waals surface area contributed by atoms with Gasteiger partial charge in [-0.1, -0.05) is 36.4 Å². The number of ether oxygens (including phenoxy) is 1. The molecular weight excluding hydrogens is 484 g/mol. The van der Waals surface area contributed by atoms with E-state index in [1.54, 1.807) is 12.1 Å². The number of aromatic carboxylic acids is 1. The van der Waals surface area contributed by atoms with E-state index in [0.717, 1.165) is 45.1 Å². The summed E-state index contributed by atoms with van der Waals surface area (Å²) < 4.78 is 6.71. The summed E-state index contributed by atoms with van der Waals surface area (Å²) in [6.07, 6.45) is 4.57. The molecule has 0 fully saturated rings. The van der Waals surface area contributed by atoms with Gasteiger partial charge in [0.15, 0.2) is 0 Å². The number of benzene rings is 3. The van der Waals surface area contributed by atoms with Crippen LogP contribution in [0.3, 0.4) is 0 Å². The van der Waals surface area contributed by atoms with E-state index in [-0.39, 0.29) is 22.6 Å². The highest BCUT2D eigenvalue weighted by Crippen LogP contribution is 2.54. The maximum Gasteiger partial charge on any atom is 0.133 e. The zero-order valence-electron chi connectivity index (χ0n) is 24.0. The Bertz CT molecular complexity index is 1530. The Kier molecular flexibility index (Phi) is 5.35. The van der Waals surface area contributed by atoms with Gasteiger partial charge in [-0.05, 0) is 70.4 Å². The van der Waals surface area contributed by atoms with Crippen LogP contribution in [0, 0.1) is 0 Å². The number of likely N-dealkylation sites (N-methyl/N-ethyl adjacent to an activating group) is 2. The molecule has 0 radical (unpaired) electrons. The molecule has 0 amide bonds. The maximum atomic E-state index is 12.3. The summed E-state index contributed by atoms with van der Waals surface area (Å²) in [5.74, 6) is 0.00383. The van der Waals surface area contributed by atoms with Crippen LogP contribution in [0.2, 0.25) is 0 Å². The summed E-state index contributed by atoms with van der Waals surface area (Å²) in [7, 11) is 4.21. The molecule has 3 heterocycles. The molecule has 200 valence electrons. The number of carboxylic acids is 1. The molecule has 0 spiro atoms.